The fraction of sp³-hybridized carbons (Fsp3) is 0.0833. The summed E-state index contributed by atoms with van der Waals surface area (Å²) >= 11 is 6.01. The SMILES string of the molecule is Cc1cccc(C(=O)Oc2cc(C)c3c(c2)O/C(=C\c2cccc(Cl)c2)C3=O)c1. The van der Waals surface area contributed by atoms with Gasteiger partial charge in [0.25, 0.3) is 0 Å². The summed E-state index contributed by atoms with van der Waals surface area (Å²) in [6.07, 6.45) is 1.64. The molecule has 29 heavy (non-hydrogen) atoms. The van der Waals surface area contributed by atoms with Gasteiger partial charge >= 0.3 is 5.97 Å². The van der Waals surface area contributed by atoms with Gasteiger partial charge in [-0.15, -0.1) is 0 Å². The summed E-state index contributed by atoms with van der Waals surface area (Å²) in [5.74, 6) is 0.216. The number of Topliss-reactive ketones (excluding diaryl/α,β-unsaturated/α-hetero) is 1. The molecule has 3 aromatic rings. The molecule has 0 fully saturated rings. The normalized spacial score (nSPS) is 13.9. The maximum atomic E-state index is 12.8. The van der Waals surface area contributed by atoms with Crippen molar-refractivity contribution >= 4 is 29.4 Å². The Hall–Kier alpha value is -3.37. The van der Waals surface area contributed by atoms with Crippen molar-refractivity contribution < 1.29 is 19.1 Å². The molecule has 4 nitrogen and oxygen atoms in total. The molecule has 0 N–H and O–H groups in total. The summed E-state index contributed by atoms with van der Waals surface area (Å²) in [6.45, 7) is 3.69. The fourth-order valence-corrected chi connectivity index (χ4v) is 3.42. The van der Waals surface area contributed by atoms with Crippen molar-refractivity contribution in [1.29, 1.82) is 0 Å². The number of carbonyl (C=O) groups is 2. The highest BCUT2D eigenvalue weighted by molar-refractivity contribution is 6.30. The number of fused-ring (bicyclic) bond motifs is 1. The van der Waals surface area contributed by atoms with Gasteiger partial charge in [-0.1, -0.05) is 41.4 Å². The van der Waals surface area contributed by atoms with Gasteiger partial charge in [0.05, 0.1) is 11.1 Å². The van der Waals surface area contributed by atoms with E-state index < -0.39 is 5.97 Å². The number of esters is 1. The highest BCUT2D eigenvalue weighted by atomic mass is 35.5. The molecule has 4 rings (SSSR count). The standard InChI is InChI=1S/C24H17ClO4/c1-14-5-3-7-17(9-14)24(27)28-19-10-15(2)22-20(13-19)29-21(23(22)26)12-16-6-4-8-18(25)11-16/h3-13H,1-2H3/b21-12-. The average molecular weight is 405 g/mol. The van der Waals surface area contributed by atoms with Crippen LogP contribution in [0.2, 0.25) is 5.02 Å². The predicted octanol–water partition coefficient (Wildman–Crippen LogP) is 5.79. The van der Waals surface area contributed by atoms with Gasteiger partial charge in [-0.3, -0.25) is 4.79 Å². The van der Waals surface area contributed by atoms with Gasteiger partial charge in [-0.25, -0.2) is 4.79 Å². The predicted molar refractivity (Wildman–Crippen MR) is 112 cm³/mol. The van der Waals surface area contributed by atoms with Crippen molar-refractivity contribution in [2.24, 2.45) is 0 Å². The van der Waals surface area contributed by atoms with Gasteiger partial charge in [0.1, 0.15) is 11.5 Å². The van der Waals surface area contributed by atoms with Gasteiger partial charge in [-0.05, 0) is 61.4 Å². The number of benzene rings is 3. The molecule has 0 atom stereocenters. The number of rotatable bonds is 3. The molecule has 144 valence electrons. The van der Waals surface area contributed by atoms with Crippen LogP contribution in [0.4, 0.5) is 0 Å². The van der Waals surface area contributed by atoms with Crippen LogP contribution in [0.1, 0.15) is 37.4 Å². The first kappa shape index (κ1) is 19.0. The van der Waals surface area contributed by atoms with Gasteiger partial charge in [0.2, 0.25) is 5.78 Å². The van der Waals surface area contributed by atoms with Crippen LogP contribution in [0, 0.1) is 13.8 Å². The molecule has 0 amide bonds. The third kappa shape index (κ3) is 3.93. The minimum Gasteiger partial charge on any atom is -0.452 e. The molecule has 1 heterocycles. The van der Waals surface area contributed by atoms with Crippen LogP contribution in [-0.2, 0) is 0 Å². The van der Waals surface area contributed by atoms with Gasteiger partial charge in [0.15, 0.2) is 5.76 Å². The van der Waals surface area contributed by atoms with Gasteiger partial charge in [0, 0.05) is 11.1 Å². The maximum Gasteiger partial charge on any atom is 0.343 e. The zero-order valence-electron chi connectivity index (χ0n) is 15.9. The topological polar surface area (TPSA) is 52.6 Å². The van der Waals surface area contributed by atoms with Crippen LogP contribution in [0.25, 0.3) is 6.08 Å². The lowest BCUT2D eigenvalue weighted by Gasteiger charge is -2.08. The number of aryl methyl sites for hydroxylation is 2. The monoisotopic (exact) mass is 404 g/mol. The van der Waals surface area contributed by atoms with Gasteiger partial charge < -0.3 is 9.47 Å². The molecule has 1 aliphatic rings. The van der Waals surface area contributed by atoms with E-state index >= 15 is 0 Å². The quantitative estimate of drug-likeness (QED) is 0.315. The molecule has 1 aliphatic heterocycles. The number of hydrogen-bond donors (Lipinski definition) is 0. The van der Waals surface area contributed by atoms with E-state index in [0.717, 1.165) is 11.1 Å². The Labute approximate surface area is 173 Å². The van der Waals surface area contributed by atoms with Crippen LogP contribution in [-0.4, -0.2) is 11.8 Å². The van der Waals surface area contributed by atoms with Crippen molar-refractivity contribution in [2.75, 3.05) is 0 Å². The van der Waals surface area contributed by atoms with Crippen molar-refractivity contribution in [1.82, 2.24) is 0 Å². The molecule has 3 aromatic carbocycles. The Kier molecular flexibility index (Phi) is 4.95. The zero-order valence-corrected chi connectivity index (χ0v) is 16.6. The number of carbonyl (C=O) groups excluding carboxylic acids is 2. The van der Waals surface area contributed by atoms with E-state index in [1.54, 1.807) is 61.5 Å². The van der Waals surface area contributed by atoms with E-state index in [9.17, 15) is 9.59 Å². The van der Waals surface area contributed by atoms with Crippen LogP contribution < -0.4 is 9.47 Å². The van der Waals surface area contributed by atoms with E-state index in [1.165, 1.54) is 0 Å². The zero-order chi connectivity index (χ0) is 20.5. The summed E-state index contributed by atoms with van der Waals surface area (Å²) in [4.78, 5) is 25.2. The lowest BCUT2D eigenvalue weighted by molar-refractivity contribution is 0.0734. The molecule has 0 radical (unpaired) electrons. The lowest BCUT2D eigenvalue weighted by atomic mass is 10.0. The second-order valence-corrected chi connectivity index (χ2v) is 7.30. The summed E-state index contributed by atoms with van der Waals surface area (Å²) < 4.78 is 11.3. The molecule has 0 saturated heterocycles. The third-order valence-electron chi connectivity index (χ3n) is 4.55. The van der Waals surface area contributed by atoms with Crippen molar-refractivity contribution in [3.8, 4) is 11.5 Å². The molecule has 5 heteroatoms. The Morgan fingerprint density at radius 3 is 2.59 bits per heavy atom. The van der Waals surface area contributed by atoms with E-state index in [0.29, 0.717) is 33.2 Å². The Morgan fingerprint density at radius 1 is 1.03 bits per heavy atom. The Morgan fingerprint density at radius 2 is 1.83 bits per heavy atom. The molecule has 0 unspecified atom stereocenters. The Bertz CT molecular complexity index is 1180. The number of hydrogen-bond acceptors (Lipinski definition) is 4. The summed E-state index contributed by atoms with van der Waals surface area (Å²) in [7, 11) is 0. The molecule has 0 spiro atoms. The van der Waals surface area contributed by atoms with Crippen molar-refractivity contribution in [2.45, 2.75) is 13.8 Å². The van der Waals surface area contributed by atoms with E-state index in [1.807, 2.05) is 19.1 Å². The summed E-state index contributed by atoms with van der Waals surface area (Å²) in [5, 5.41) is 0.573. The minimum absolute atomic E-state index is 0.201. The molecular formula is C24H17ClO4. The van der Waals surface area contributed by atoms with E-state index in [4.69, 9.17) is 21.1 Å². The van der Waals surface area contributed by atoms with E-state index in [2.05, 4.69) is 0 Å². The van der Waals surface area contributed by atoms with Crippen LogP contribution >= 0.6 is 11.6 Å². The van der Waals surface area contributed by atoms with Crippen LogP contribution in [0.3, 0.4) is 0 Å². The van der Waals surface area contributed by atoms with Crippen LogP contribution in [0.15, 0.2) is 66.4 Å². The number of halogens is 1. The van der Waals surface area contributed by atoms with Gasteiger partial charge in [-0.2, -0.15) is 0 Å². The number of ketones is 1. The van der Waals surface area contributed by atoms with E-state index in [-0.39, 0.29) is 11.5 Å². The lowest BCUT2D eigenvalue weighted by Crippen LogP contribution is -2.09. The summed E-state index contributed by atoms with van der Waals surface area (Å²) in [6, 6.07) is 17.5. The van der Waals surface area contributed by atoms with Crippen LogP contribution in [0.5, 0.6) is 11.5 Å². The summed E-state index contributed by atoms with van der Waals surface area (Å²) in [5.41, 5.74) is 3.33. The van der Waals surface area contributed by atoms with Crippen molar-refractivity contribution in [3.05, 3.63) is 99.3 Å². The highest BCUT2D eigenvalue weighted by Gasteiger charge is 2.30. The number of ether oxygens (including phenoxy) is 2. The second-order valence-electron chi connectivity index (χ2n) is 6.87. The smallest absolute Gasteiger partial charge is 0.343 e. The third-order valence-corrected chi connectivity index (χ3v) is 4.79. The number of allylic oxidation sites excluding steroid dienone is 1. The fourth-order valence-electron chi connectivity index (χ4n) is 3.22. The Balaban J connectivity index is 1.61. The first-order valence-electron chi connectivity index (χ1n) is 9.04. The van der Waals surface area contributed by atoms with Crippen molar-refractivity contribution in [3.63, 3.8) is 0 Å². The maximum absolute atomic E-state index is 12.8. The second kappa shape index (κ2) is 7.57. The molecule has 0 saturated carbocycles. The molecule has 0 aliphatic carbocycles. The highest BCUT2D eigenvalue weighted by Crippen LogP contribution is 2.37. The molecular weight excluding hydrogens is 388 g/mol. The minimum atomic E-state index is -0.466. The first-order chi connectivity index (χ1) is 13.9. The first-order valence-corrected chi connectivity index (χ1v) is 9.42. The average Bonchev–Trinajstić information content (AvgIpc) is 2.97. The molecule has 0 aromatic heterocycles. The molecule has 0 bridgehead atoms. The largest absolute Gasteiger partial charge is 0.452 e.